The SMILES string of the molecule is CCCCCCC(C)(C)c1cc(O)c2c(c1)OCCC2=NCC(C)O. The van der Waals surface area contributed by atoms with E-state index in [2.05, 4.69) is 31.8 Å². The molecule has 1 aromatic rings. The quantitative estimate of drug-likeness (QED) is 0.676. The highest BCUT2D eigenvalue weighted by atomic mass is 16.5. The molecule has 1 unspecified atom stereocenters. The maximum atomic E-state index is 10.6. The number of nitrogens with zero attached hydrogens (tertiary/aromatic N) is 1. The van der Waals surface area contributed by atoms with Gasteiger partial charge in [0.25, 0.3) is 0 Å². The highest BCUT2D eigenvalue weighted by molar-refractivity contribution is 6.06. The average Bonchev–Trinajstić information content (AvgIpc) is 2.56. The molecular weight excluding hydrogens is 314 g/mol. The summed E-state index contributed by atoms with van der Waals surface area (Å²) in [5, 5.41) is 20.1. The minimum Gasteiger partial charge on any atom is -0.507 e. The van der Waals surface area contributed by atoms with Crippen LogP contribution in [0.1, 0.15) is 77.3 Å². The van der Waals surface area contributed by atoms with Crippen LogP contribution in [-0.2, 0) is 5.41 Å². The van der Waals surface area contributed by atoms with Crippen LogP contribution in [0.4, 0.5) is 0 Å². The van der Waals surface area contributed by atoms with Gasteiger partial charge >= 0.3 is 0 Å². The molecule has 0 aromatic heterocycles. The zero-order valence-electron chi connectivity index (χ0n) is 16.1. The van der Waals surface area contributed by atoms with Crippen LogP contribution in [0, 0.1) is 0 Å². The Balaban J connectivity index is 2.24. The summed E-state index contributed by atoms with van der Waals surface area (Å²) in [6.45, 7) is 9.30. The smallest absolute Gasteiger partial charge is 0.132 e. The van der Waals surface area contributed by atoms with Crippen LogP contribution in [0.2, 0.25) is 0 Å². The number of hydrogen-bond donors (Lipinski definition) is 2. The number of aliphatic hydroxyl groups is 1. The summed E-state index contributed by atoms with van der Waals surface area (Å²) in [5.41, 5.74) is 2.62. The van der Waals surface area contributed by atoms with E-state index in [-0.39, 0.29) is 11.2 Å². The number of aliphatic hydroxyl groups excluding tert-OH is 1. The lowest BCUT2D eigenvalue weighted by Crippen LogP contribution is -2.21. The number of phenols is 1. The number of fused-ring (bicyclic) bond motifs is 1. The van der Waals surface area contributed by atoms with Crippen LogP contribution < -0.4 is 4.74 Å². The van der Waals surface area contributed by atoms with Gasteiger partial charge in [-0.15, -0.1) is 0 Å². The minimum absolute atomic E-state index is 0.00201. The molecule has 4 nitrogen and oxygen atoms in total. The molecule has 1 aromatic carbocycles. The van der Waals surface area contributed by atoms with Gasteiger partial charge in [-0.25, -0.2) is 0 Å². The Morgan fingerprint density at radius 1 is 1.24 bits per heavy atom. The Labute approximate surface area is 151 Å². The van der Waals surface area contributed by atoms with Gasteiger partial charge in [-0.2, -0.15) is 0 Å². The molecule has 0 spiro atoms. The first-order chi connectivity index (χ1) is 11.8. The third kappa shape index (κ3) is 5.21. The highest BCUT2D eigenvalue weighted by Gasteiger charge is 2.27. The third-order valence-electron chi connectivity index (χ3n) is 4.95. The van der Waals surface area contributed by atoms with E-state index in [0.717, 1.165) is 17.7 Å². The molecule has 0 saturated heterocycles. The van der Waals surface area contributed by atoms with Gasteiger partial charge in [0, 0.05) is 6.42 Å². The molecule has 1 heterocycles. The van der Waals surface area contributed by atoms with E-state index in [1.165, 1.54) is 25.7 Å². The number of phenolic OH excluding ortho intramolecular Hbond substituents is 1. The first-order valence-corrected chi connectivity index (χ1v) is 9.57. The van der Waals surface area contributed by atoms with Crippen LogP contribution >= 0.6 is 0 Å². The lowest BCUT2D eigenvalue weighted by Gasteiger charge is -2.28. The van der Waals surface area contributed by atoms with E-state index in [9.17, 15) is 10.2 Å². The van der Waals surface area contributed by atoms with Crippen molar-refractivity contribution in [3.05, 3.63) is 23.3 Å². The van der Waals surface area contributed by atoms with Gasteiger partial charge < -0.3 is 14.9 Å². The van der Waals surface area contributed by atoms with Crippen molar-refractivity contribution < 1.29 is 14.9 Å². The van der Waals surface area contributed by atoms with Crippen molar-refractivity contribution >= 4 is 5.71 Å². The summed E-state index contributed by atoms with van der Waals surface area (Å²) < 4.78 is 5.82. The number of benzene rings is 1. The Kier molecular flexibility index (Phi) is 6.88. The highest BCUT2D eigenvalue weighted by Crippen LogP contribution is 2.39. The molecule has 0 fully saturated rings. The maximum Gasteiger partial charge on any atom is 0.132 e. The molecule has 2 N–H and O–H groups in total. The molecule has 0 bridgehead atoms. The van der Waals surface area contributed by atoms with E-state index >= 15 is 0 Å². The van der Waals surface area contributed by atoms with Crippen LogP contribution in [-0.4, -0.2) is 35.2 Å². The summed E-state index contributed by atoms with van der Waals surface area (Å²) >= 11 is 0. The second kappa shape index (κ2) is 8.70. The molecule has 140 valence electrons. The van der Waals surface area contributed by atoms with Crippen molar-refractivity contribution in [1.82, 2.24) is 0 Å². The number of rotatable bonds is 8. The second-order valence-electron chi connectivity index (χ2n) is 7.80. The van der Waals surface area contributed by atoms with Gasteiger partial charge in [0.1, 0.15) is 11.5 Å². The van der Waals surface area contributed by atoms with Crippen LogP contribution in [0.3, 0.4) is 0 Å². The largest absolute Gasteiger partial charge is 0.507 e. The predicted molar refractivity (Wildman–Crippen MR) is 103 cm³/mol. The molecule has 1 aliphatic heterocycles. The van der Waals surface area contributed by atoms with Crippen molar-refractivity contribution in [1.29, 1.82) is 0 Å². The van der Waals surface area contributed by atoms with Gasteiger partial charge in [-0.05, 0) is 36.5 Å². The van der Waals surface area contributed by atoms with E-state index in [0.29, 0.717) is 30.9 Å². The van der Waals surface area contributed by atoms with Crippen LogP contribution in [0.5, 0.6) is 11.5 Å². The van der Waals surface area contributed by atoms with Crippen molar-refractivity contribution in [2.45, 2.75) is 77.7 Å². The van der Waals surface area contributed by atoms with E-state index in [4.69, 9.17) is 4.74 Å². The number of hydrogen-bond acceptors (Lipinski definition) is 4. The number of ether oxygens (including phenoxy) is 1. The van der Waals surface area contributed by atoms with Crippen molar-refractivity contribution in [3.63, 3.8) is 0 Å². The summed E-state index contributed by atoms with van der Waals surface area (Å²) in [6.07, 6.45) is 6.23. The molecule has 0 radical (unpaired) electrons. The Bertz CT molecular complexity index is 605. The van der Waals surface area contributed by atoms with E-state index in [1.54, 1.807) is 6.92 Å². The second-order valence-corrected chi connectivity index (χ2v) is 7.80. The lowest BCUT2D eigenvalue weighted by atomic mass is 9.79. The minimum atomic E-state index is -0.484. The molecule has 4 heteroatoms. The fraction of sp³-hybridized carbons (Fsp3) is 0.667. The summed E-state index contributed by atoms with van der Waals surface area (Å²) in [7, 11) is 0. The van der Waals surface area contributed by atoms with Gasteiger partial charge in [0.15, 0.2) is 0 Å². The fourth-order valence-corrected chi connectivity index (χ4v) is 3.32. The molecular formula is C21H33NO3. The normalized spacial score (nSPS) is 17.2. The Morgan fingerprint density at radius 3 is 2.68 bits per heavy atom. The van der Waals surface area contributed by atoms with Crippen molar-refractivity contribution in [2.75, 3.05) is 13.2 Å². The topological polar surface area (TPSA) is 62.0 Å². The number of aromatic hydroxyl groups is 1. The van der Waals surface area contributed by atoms with Crippen molar-refractivity contribution in [3.8, 4) is 11.5 Å². The zero-order chi connectivity index (χ0) is 18.4. The van der Waals surface area contributed by atoms with Crippen LogP contribution in [0.15, 0.2) is 17.1 Å². The molecule has 2 rings (SSSR count). The molecule has 0 amide bonds. The average molecular weight is 347 g/mol. The number of unbranched alkanes of at least 4 members (excludes halogenated alkanes) is 3. The molecule has 1 aliphatic rings. The zero-order valence-corrected chi connectivity index (χ0v) is 16.1. The van der Waals surface area contributed by atoms with Gasteiger partial charge in [-0.3, -0.25) is 4.99 Å². The summed E-state index contributed by atoms with van der Waals surface area (Å²) in [4.78, 5) is 4.47. The standard InChI is InChI=1S/C21H33NO3/c1-5-6-7-8-10-21(3,4)16-12-18(24)20-17(22-14-15(2)23)9-11-25-19(20)13-16/h12-13,15,23-24H,5-11,14H2,1-4H3. The Morgan fingerprint density at radius 2 is 2.00 bits per heavy atom. The van der Waals surface area contributed by atoms with E-state index in [1.807, 2.05) is 6.07 Å². The molecule has 25 heavy (non-hydrogen) atoms. The van der Waals surface area contributed by atoms with Crippen molar-refractivity contribution in [2.24, 2.45) is 4.99 Å². The third-order valence-corrected chi connectivity index (χ3v) is 4.95. The first-order valence-electron chi connectivity index (χ1n) is 9.57. The summed E-state index contributed by atoms with van der Waals surface area (Å²) in [5.74, 6) is 0.949. The monoisotopic (exact) mass is 347 g/mol. The number of aliphatic imine (C=N–C) groups is 1. The van der Waals surface area contributed by atoms with Gasteiger partial charge in [-0.1, -0.05) is 46.5 Å². The van der Waals surface area contributed by atoms with E-state index < -0.39 is 6.10 Å². The van der Waals surface area contributed by atoms with Gasteiger partial charge in [0.05, 0.1) is 30.5 Å². The predicted octanol–water partition coefficient (Wildman–Crippen LogP) is 4.59. The molecule has 0 aliphatic carbocycles. The maximum absolute atomic E-state index is 10.6. The lowest BCUT2D eigenvalue weighted by molar-refractivity contribution is 0.203. The Hall–Kier alpha value is -1.55. The van der Waals surface area contributed by atoms with Crippen LogP contribution in [0.25, 0.3) is 0 Å². The first kappa shape index (κ1) is 19.8. The molecule has 1 atom stereocenters. The summed E-state index contributed by atoms with van der Waals surface area (Å²) in [6, 6.07) is 3.93. The van der Waals surface area contributed by atoms with Gasteiger partial charge in [0.2, 0.25) is 0 Å². The molecule has 0 saturated carbocycles. The fourth-order valence-electron chi connectivity index (χ4n) is 3.32.